The number of nitrogens with zero attached hydrogens (tertiary/aromatic N) is 4. The molecule has 0 unspecified atom stereocenters. The molecule has 0 aliphatic heterocycles. The minimum Gasteiger partial charge on any atom is -0.310 e. The molecule has 17 heavy (non-hydrogen) atoms. The zero-order valence-electron chi connectivity index (χ0n) is 10.4. The first-order valence-electron chi connectivity index (χ1n) is 5.71. The molecule has 0 radical (unpaired) electrons. The van der Waals surface area contributed by atoms with Gasteiger partial charge < -0.3 is 5.32 Å². The summed E-state index contributed by atoms with van der Waals surface area (Å²) in [6.07, 6.45) is 5.39. The molecule has 90 valence electrons. The van der Waals surface area contributed by atoms with Crippen LogP contribution < -0.4 is 5.32 Å². The summed E-state index contributed by atoms with van der Waals surface area (Å²) >= 11 is 0. The van der Waals surface area contributed by atoms with E-state index >= 15 is 0 Å². The third-order valence-corrected chi connectivity index (χ3v) is 2.37. The number of hydrogen-bond donors (Lipinski definition) is 1. The molecule has 0 aliphatic rings. The second kappa shape index (κ2) is 5.05. The summed E-state index contributed by atoms with van der Waals surface area (Å²) in [5.41, 5.74) is 2.09. The number of nitrogens with one attached hydrogen (secondary N) is 1. The number of aryl methyl sites for hydroxylation is 1. The Morgan fingerprint density at radius 2 is 2.18 bits per heavy atom. The van der Waals surface area contributed by atoms with Gasteiger partial charge in [-0.25, -0.2) is 14.6 Å². The lowest BCUT2D eigenvalue weighted by Gasteiger charge is -2.05. The molecule has 0 saturated carbocycles. The summed E-state index contributed by atoms with van der Waals surface area (Å²) in [7, 11) is 0. The molecule has 2 heterocycles. The average Bonchev–Trinajstić information content (AvgIpc) is 2.75. The lowest BCUT2D eigenvalue weighted by Crippen LogP contribution is -2.21. The molecule has 2 aromatic rings. The molecule has 0 saturated heterocycles. The SMILES string of the molecule is Cc1cc(-n2cc(CNC(C)C)cn2)ncn1. The fraction of sp³-hybridized carbons (Fsp3) is 0.417. The van der Waals surface area contributed by atoms with Gasteiger partial charge in [-0.1, -0.05) is 13.8 Å². The highest BCUT2D eigenvalue weighted by molar-refractivity contribution is 5.23. The minimum absolute atomic E-state index is 0.472. The molecule has 2 rings (SSSR count). The molecule has 2 aromatic heterocycles. The fourth-order valence-corrected chi connectivity index (χ4v) is 1.46. The molecule has 5 nitrogen and oxygen atoms in total. The number of aromatic nitrogens is 4. The summed E-state index contributed by atoms with van der Waals surface area (Å²) in [5.74, 6) is 0.799. The smallest absolute Gasteiger partial charge is 0.156 e. The Bertz CT molecular complexity index is 489. The Morgan fingerprint density at radius 3 is 2.88 bits per heavy atom. The van der Waals surface area contributed by atoms with E-state index in [0.717, 1.165) is 23.6 Å². The van der Waals surface area contributed by atoms with Crippen molar-refractivity contribution < 1.29 is 0 Å². The number of hydrogen-bond acceptors (Lipinski definition) is 4. The second-order valence-corrected chi connectivity index (χ2v) is 4.35. The topological polar surface area (TPSA) is 55.6 Å². The molecule has 0 amide bonds. The first-order valence-corrected chi connectivity index (χ1v) is 5.71. The van der Waals surface area contributed by atoms with Crippen molar-refractivity contribution in [3.8, 4) is 5.82 Å². The zero-order valence-corrected chi connectivity index (χ0v) is 10.4. The Labute approximate surface area is 101 Å². The van der Waals surface area contributed by atoms with E-state index in [4.69, 9.17) is 0 Å². The second-order valence-electron chi connectivity index (χ2n) is 4.35. The van der Waals surface area contributed by atoms with Crippen molar-refractivity contribution in [3.63, 3.8) is 0 Å². The third kappa shape index (κ3) is 3.10. The predicted octanol–water partition coefficient (Wildman–Crippen LogP) is 1.47. The van der Waals surface area contributed by atoms with Gasteiger partial charge in [0.2, 0.25) is 0 Å². The molecule has 0 atom stereocenters. The van der Waals surface area contributed by atoms with Crippen molar-refractivity contribution in [2.45, 2.75) is 33.4 Å². The van der Waals surface area contributed by atoms with Crippen LogP contribution in [0, 0.1) is 6.92 Å². The fourth-order valence-electron chi connectivity index (χ4n) is 1.46. The van der Waals surface area contributed by atoms with E-state index in [2.05, 4.69) is 34.2 Å². The van der Waals surface area contributed by atoms with Crippen LogP contribution in [-0.4, -0.2) is 25.8 Å². The highest BCUT2D eigenvalue weighted by atomic mass is 15.3. The van der Waals surface area contributed by atoms with Crippen molar-refractivity contribution in [1.82, 2.24) is 25.1 Å². The van der Waals surface area contributed by atoms with Gasteiger partial charge in [-0.3, -0.25) is 0 Å². The molecule has 0 aliphatic carbocycles. The molecular weight excluding hydrogens is 214 g/mol. The Morgan fingerprint density at radius 1 is 1.35 bits per heavy atom. The van der Waals surface area contributed by atoms with Crippen molar-refractivity contribution in [1.29, 1.82) is 0 Å². The van der Waals surface area contributed by atoms with E-state index in [-0.39, 0.29) is 0 Å². The van der Waals surface area contributed by atoms with Crippen molar-refractivity contribution in [2.75, 3.05) is 0 Å². The van der Waals surface area contributed by atoms with Gasteiger partial charge in [0.15, 0.2) is 5.82 Å². The zero-order chi connectivity index (χ0) is 12.3. The maximum Gasteiger partial charge on any atom is 0.156 e. The summed E-state index contributed by atoms with van der Waals surface area (Å²) < 4.78 is 1.77. The van der Waals surface area contributed by atoms with Crippen LogP contribution in [0.5, 0.6) is 0 Å². The van der Waals surface area contributed by atoms with Gasteiger partial charge >= 0.3 is 0 Å². The van der Waals surface area contributed by atoms with E-state index < -0.39 is 0 Å². The van der Waals surface area contributed by atoms with E-state index in [1.54, 1.807) is 11.0 Å². The van der Waals surface area contributed by atoms with Gasteiger partial charge in [0.05, 0.1) is 6.20 Å². The van der Waals surface area contributed by atoms with Gasteiger partial charge in [-0.2, -0.15) is 5.10 Å². The predicted molar refractivity (Wildman–Crippen MR) is 65.9 cm³/mol. The van der Waals surface area contributed by atoms with Crippen LogP contribution in [0.25, 0.3) is 5.82 Å². The Balaban J connectivity index is 2.12. The van der Waals surface area contributed by atoms with Crippen LogP contribution in [-0.2, 0) is 6.54 Å². The van der Waals surface area contributed by atoms with Crippen LogP contribution in [0.3, 0.4) is 0 Å². The van der Waals surface area contributed by atoms with E-state index in [1.807, 2.05) is 25.4 Å². The van der Waals surface area contributed by atoms with Crippen LogP contribution in [0.1, 0.15) is 25.1 Å². The van der Waals surface area contributed by atoms with Crippen LogP contribution in [0.4, 0.5) is 0 Å². The molecule has 0 bridgehead atoms. The molecule has 5 heteroatoms. The average molecular weight is 231 g/mol. The van der Waals surface area contributed by atoms with E-state index in [0.29, 0.717) is 6.04 Å². The Hall–Kier alpha value is -1.75. The normalized spacial score (nSPS) is 11.1. The standard InChI is InChI=1S/C12H17N5/c1-9(2)13-5-11-6-16-17(7-11)12-4-10(3)14-8-15-12/h4,6-9,13H,5H2,1-3H3. The largest absolute Gasteiger partial charge is 0.310 e. The quantitative estimate of drug-likeness (QED) is 0.865. The summed E-state index contributed by atoms with van der Waals surface area (Å²) in [6.45, 7) is 7.01. The maximum atomic E-state index is 4.29. The van der Waals surface area contributed by atoms with E-state index in [1.165, 1.54) is 0 Å². The van der Waals surface area contributed by atoms with Crippen molar-refractivity contribution in [3.05, 3.63) is 36.0 Å². The summed E-state index contributed by atoms with van der Waals surface area (Å²) in [6, 6.07) is 2.38. The van der Waals surface area contributed by atoms with Crippen LogP contribution in [0.2, 0.25) is 0 Å². The summed E-state index contributed by atoms with van der Waals surface area (Å²) in [4.78, 5) is 8.25. The van der Waals surface area contributed by atoms with Crippen LogP contribution in [0.15, 0.2) is 24.8 Å². The first-order chi connectivity index (χ1) is 8.15. The van der Waals surface area contributed by atoms with E-state index in [9.17, 15) is 0 Å². The van der Waals surface area contributed by atoms with Gasteiger partial charge in [-0.15, -0.1) is 0 Å². The van der Waals surface area contributed by atoms with Crippen molar-refractivity contribution >= 4 is 0 Å². The maximum absolute atomic E-state index is 4.29. The van der Waals surface area contributed by atoms with Gasteiger partial charge in [0, 0.05) is 36.1 Å². The highest BCUT2D eigenvalue weighted by Crippen LogP contribution is 2.05. The van der Waals surface area contributed by atoms with Crippen molar-refractivity contribution in [2.24, 2.45) is 0 Å². The number of rotatable bonds is 4. The molecule has 0 spiro atoms. The van der Waals surface area contributed by atoms with Gasteiger partial charge in [0.1, 0.15) is 6.33 Å². The molecular formula is C12H17N5. The highest BCUT2D eigenvalue weighted by Gasteiger charge is 2.03. The van der Waals surface area contributed by atoms with Gasteiger partial charge in [-0.05, 0) is 6.92 Å². The third-order valence-electron chi connectivity index (χ3n) is 2.37. The molecule has 0 fully saturated rings. The molecule has 1 N–H and O–H groups in total. The molecule has 0 aromatic carbocycles. The Kier molecular flexibility index (Phi) is 3.49. The minimum atomic E-state index is 0.472. The lowest BCUT2D eigenvalue weighted by atomic mass is 10.3. The summed E-state index contributed by atoms with van der Waals surface area (Å²) in [5, 5.41) is 7.64. The van der Waals surface area contributed by atoms with Crippen LogP contribution >= 0.6 is 0 Å². The lowest BCUT2D eigenvalue weighted by molar-refractivity contribution is 0.589. The monoisotopic (exact) mass is 231 g/mol. The van der Waals surface area contributed by atoms with Gasteiger partial charge in [0.25, 0.3) is 0 Å². The first kappa shape index (κ1) is 11.7.